The van der Waals surface area contributed by atoms with E-state index in [1.54, 1.807) is 6.92 Å². The molecule has 1 N–H and O–H groups in total. The first kappa shape index (κ1) is 14.2. The molecule has 0 unspecified atom stereocenters. The quantitative estimate of drug-likeness (QED) is 0.689. The van der Waals surface area contributed by atoms with Crippen molar-refractivity contribution in [2.24, 2.45) is 5.41 Å². The number of ether oxygens (including phenoxy) is 1. The molecule has 1 aliphatic rings. The van der Waals surface area contributed by atoms with Crippen LogP contribution >= 0.6 is 0 Å². The number of aliphatic hydroxyl groups excluding tert-OH is 1. The predicted molar refractivity (Wildman–Crippen MR) is 42.9 cm³/mol. The summed E-state index contributed by atoms with van der Waals surface area (Å²) in [5, 5.41) is 7.44. The summed E-state index contributed by atoms with van der Waals surface area (Å²) in [5.74, 6) is 0. The van der Waals surface area contributed by atoms with E-state index in [0.29, 0.717) is 5.41 Å². The largest absolute Gasteiger partial charge is 2.00 e. The fourth-order valence-electron chi connectivity index (χ4n) is 0.510. The molecule has 68 valence electrons. The summed E-state index contributed by atoms with van der Waals surface area (Å²) in [6.45, 7) is 8.87. The summed E-state index contributed by atoms with van der Waals surface area (Å²) >= 11 is 0. The van der Waals surface area contributed by atoms with Crippen molar-refractivity contribution in [3.63, 3.8) is 0 Å². The molecule has 0 atom stereocenters. The zero-order valence-electron chi connectivity index (χ0n) is 8.46. The molecular formula is C8H18O2W. The first-order chi connectivity index (χ1) is 5.12. The standard InChI is InChI=1S/C5H10O.C2H5O.CH3.W/c1-5(2)3-6-4-5;1-2-3;;/h3-4H2,1-2H3;2-3H,1H3;1H3;/q;2*-1;+2/i;;1D;. The van der Waals surface area contributed by atoms with E-state index in [9.17, 15) is 0 Å². The average molecular weight is 331 g/mol. The van der Waals surface area contributed by atoms with Crippen molar-refractivity contribution in [3.8, 4) is 0 Å². The number of hydrogen-bond acceptors (Lipinski definition) is 2. The molecular weight excluding hydrogens is 312 g/mol. The molecule has 0 spiro atoms. The van der Waals surface area contributed by atoms with Gasteiger partial charge < -0.3 is 17.2 Å². The van der Waals surface area contributed by atoms with Gasteiger partial charge in [0.25, 0.3) is 0 Å². The molecule has 0 aliphatic carbocycles. The number of aliphatic hydroxyl groups is 1. The van der Waals surface area contributed by atoms with Gasteiger partial charge in [0, 0.05) is 5.41 Å². The average Bonchev–Trinajstić information content (AvgIpc) is 1.91. The van der Waals surface area contributed by atoms with Crippen molar-refractivity contribution in [1.82, 2.24) is 0 Å². The Morgan fingerprint density at radius 3 is 1.73 bits per heavy atom. The van der Waals surface area contributed by atoms with Gasteiger partial charge in [0.2, 0.25) is 0 Å². The Morgan fingerprint density at radius 2 is 1.73 bits per heavy atom. The number of rotatable bonds is 0. The molecule has 1 fully saturated rings. The summed E-state index contributed by atoms with van der Waals surface area (Å²) in [6.07, 6.45) is 0. The van der Waals surface area contributed by atoms with Crippen LogP contribution in [0, 0.1) is 19.4 Å². The molecule has 1 rings (SSSR count). The molecule has 0 amide bonds. The summed E-state index contributed by atoms with van der Waals surface area (Å²) in [4.78, 5) is 0. The molecule has 11 heavy (non-hydrogen) atoms. The van der Waals surface area contributed by atoms with Crippen LogP contribution in [0.3, 0.4) is 0 Å². The molecule has 0 radical (unpaired) electrons. The Labute approximate surface area is 86.0 Å². The second-order valence-electron chi connectivity index (χ2n) is 2.92. The summed E-state index contributed by atoms with van der Waals surface area (Å²) < 4.78 is 10.4. The van der Waals surface area contributed by atoms with E-state index in [4.69, 9.17) is 11.2 Å². The molecule has 0 saturated carbocycles. The molecule has 0 aromatic carbocycles. The summed E-state index contributed by atoms with van der Waals surface area (Å²) in [5.41, 5.74) is 0.500. The van der Waals surface area contributed by atoms with Gasteiger partial charge in [-0.15, -0.1) is 0 Å². The van der Waals surface area contributed by atoms with Crippen LogP contribution in [0.1, 0.15) is 22.1 Å². The SMILES string of the molecule is CC1(C)COC1.C[CH-]O.[2H][CH2-].[W+2]. The molecule has 3 heteroatoms. The molecule has 0 aromatic rings. The predicted octanol–water partition coefficient (Wildman–Crippen LogP) is 2.03. The normalized spacial score (nSPS) is 18.1. The first-order valence-electron chi connectivity index (χ1n) is 3.83. The fourth-order valence-corrected chi connectivity index (χ4v) is 0.510. The van der Waals surface area contributed by atoms with Crippen LogP contribution in [0.2, 0.25) is 0 Å². The molecule has 2 nitrogen and oxygen atoms in total. The van der Waals surface area contributed by atoms with Crippen molar-refractivity contribution in [3.05, 3.63) is 14.0 Å². The number of hydrogen-bond donors (Lipinski definition) is 1. The van der Waals surface area contributed by atoms with Gasteiger partial charge in [0.05, 0.1) is 13.2 Å². The smallest absolute Gasteiger partial charge is 0.566 e. The maximum atomic E-state index is 7.44. The Morgan fingerprint density at radius 1 is 1.55 bits per heavy atom. The van der Waals surface area contributed by atoms with Crippen molar-refractivity contribution >= 4 is 0 Å². The van der Waals surface area contributed by atoms with Crippen molar-refractivity contribution in [1.29, 1.82) is 0 Å². The zero-order valence-corrected chi connectivity index (χ0v) is 10.4. The van der Waals surface area contributed by atoms with Gasteiger partial charge in [-0.2, -0.15) is 6.92 Å². The van der Waals surface area contributed by atoms with Crippen LogP contribution in [-0.4, -0.2) is 18.3 Å². The Hall–Kier alpha value is 0.608. The van der Waals surface area contributed by atoms with Crippen LogP contribution in [0.4, 0.5) is 0 Å². The first-order valence-corrected chi connectivity index (χ1v) is 3.12. The van der Waals surface area contributed by atoms with Gasteiger partial charge in [0.15, 0.2) is 0 Å². The summed E-state index contributed by atoms with van der Waals surface area (Å²) in [6, 6.07) is 0. The Kier molecular flexibility index (Phi) is 11.2. The zero-order chi connectivity index (χ0) is 9.33. The van der Waals surface area contributed by atoms with Crippen LogP contribution in [0.25, 0.3) is 0 Å². The molecule has 1 heterocycles. The molecule has 0 aromatic heterocycles. The van der Waals surface area contributed by atoms with E-state index in [1.807, 2.05) is 0 Å². The van der Waals surface area contributed by atoms with Crippen molar-refractivity contribution < 1.29 is 32.3 Å². The van der Waals surface area contributed by atoms with E-state index in [1.165, 1.54) is 0 Å². The minimum absolute atomic E-state index is 0. The third-order valence-electron chi connectivity index (χ3n) is 0.986. The Bertz CT molecular complexity index is 73.5. The minimum atomic E-state index is 0. The van der Waals surface area contributed by atoms with E-state index >= 15 is 0 Å². The maximum absolute atomic E-state index is 7.44. The van der Waals surface area contributed by atoms with E-state index in [-0.39, 0.29) is 21.1 Å². The van der Waals surface area contributed by atoms with Gasteiger partial charge in [-0.25, -0.2) is 7.98 Å². The third kappa shape index (κ3) is 10.6. The van der Waals surface area contributed by atoms with Gasteiger partial charge >= 0.3 is 21.1 Å². The van der Waals surface area contributed by atoms with E-state index in [2.05, 4.69) is 21.3 Å². The van der Waals surface area contributed by atoms with Crippen LogP contribution < -0.4 is 0 Å². The fraction of sp³-hybridized carbons (Fsp3) is 0.750. The third-order valence-corrected chi connectivity index (χ3v) is 0.986. The second kappa shape index (κ2) is 8.70. The van der Waals surface area contributed by atoms with E-state index in [0.717, 1.165) is 19.8 Å². The van der Waals surface area contributed by atoms with E-state index < -0.39 is 0 Å². The van der Waals surface area contributed by atoms with Gasteiger partial charge in [-0.1, -0.05) is 13.8 Å². The monoisotopic (exact) mass is 331 g/mol. The van der Waals surface area contributed by atoms with Crippen molar-refractivity contribution in [2.75, 3.05) is 13.2 Å². The molecule has 1 aliphatic heterocycles. The second-order valence-corrected chi connectivity index (χ2v) is 2.92. The van der Waals surface area contributed by atoms with Gasteiger partial charge in [-0.3, -0.25) is 0 Å². The van der Waals surface area contributed by atoms with Crippen LogP contribution in [0.5, 0.6) is 0 Å². The molecule has 1 saturated heterocycles. The van der Waals surface area contributed by atoms with Crippen molar-refractivity contribution in [2.45, 2.75) is 20.8 Å². The Balaban J connectivity index is -0.000000119. The van der Waals surface area contributed by atoms with Crippen LogP contribution in [-0.2, 0) is 25.8 Å². The maximum Gasteiger partial charge on any atom is 2.00 e. The van der Waals surface area contributed by atoms with Gasteiger partial charge in [0.1, 0.15) is 0 Å². The van der Waals surface area contributed by atoms with Crippen LogP contribution in [0.15, 0.2) is 0 Å². The van der Waals surface area contributed by atoms with Gasteiger partial charge in [-0.05, 0) is 0 Å². The topological polar surface area (TPSA) is 29.5 Å². The summed E-state index contributed by atoms with van der Waals surface area (Å²) in [7, 11) is 2.50. The minimum Gasteiger partial charge on any atom is -0.566 e. The molecule has 0 bridgehead atoms.